The van der Waals surface area contributed by atoms with Crippen molar-refractivity contribution < 1.29 is 14.0 Å². The maximum Gasteiger partial charge on any atom is 0.132 e. The van der Waals surface area contributed by atoms with Crippen LogP contribution >= 0.6 is 7.60 Å². The summed E-state index contributed by atoms with van der Waals surface area (Å²) in [7, 11) is -3.58. The third-order valence-corrected chi connectivity index (χ3v) is 1.91. The van der Waals surface area contributed by atoms with Gasteiger partial charge in [-0.2, -0.15) is 0 Å². The Hall–Kier alpha value is -0.630. The van der Waals surface area contributed by atoms with Crippen molar-refractivity contribution in [1.29, 1.82) is 0 Å². The number of hydrogen-bond donors (Lipinski definition) is 0. The van der Waals surface area contributed by atoms with Crippen LogP contribution in [0, 0.1) is 0 Å². The van der Waals surface area contributed by atoms with E-state index in [1.54, 1.807) is 0 Å². The van der Waals surface area contributed by atoms with Gasteiger partial charge in [-0.05, 0) is 5.56 Å². The van der Waals surface area contributed by atoms with Crippen LogP contribution in [-0.4, -0.2) is 6.66 Å². The van der Waals surface area contributed by atoms with Gasteiger partial charge < -0.3 is 14.0 Å². The van der Waals surface area contributed by atoms with Crippen LogP contribution in [0.5, 0.6) is 0 Å². The van der Waals surface area contributed by atoms with E-state index in [0.29, 0.717) is 0 Å². The first kappa shape index (κ1) is 9.46. The van der Waals surface area contributed by atoms with Crippen molar-refractivity contribution in [2.24, 2.45) is 0 Å². The molecule has 0 aliphatic rings. The highest BCUT2D eigenvalue weighted by molar-refractivity contribution is 7.50. The van der Waals surface area contributed by atoms with Crippen molar-refractivity contribution in [3.05, 3.63) is 35.9 Å². The molecule has 0 aliphatic carbocycles. The highest BCUT2D eigenvalue weighted by atomic mass is 31.2. The fraction of sp³-hybridized carbons (Fsp3) is 0.250. The summed E-state index contributed by atoms with van der Waals surface area (Å²) in [5, 5.41) is 0. The molecule has 0 bridgehead atoms. The third kappa shape index (κ3) is 3.67. The fourth-order valence-corrected chi connectivity index (χ4v) is 1.15. The Morgan fingerprint density at radius 1 is 1.42 bits per heavy atom. The number of benzene rings is 1. The minimum atomic E-state index is -3.58. The van der Waals surface area contributed by atoms with Crippen LogP contribution in [0.15, 0.2) is 30.3 Å². The van der Waals surface area contributed by atoms with Crippen molar-refractivity contribution in [3.63, 3.8) is 0 Å². The first-order valence-electron chi connectivity index (χ1n) is 3.55. The highest BCUT2D eigenvalue weighted by Crippen LogP contribution is 2.32. The molecule has 0 saturated heterocycles. The van der Waals surface area contributed by atoms with Gasteiger partial charge in [-0.1, -0.05) is 30.3 Å². The predicted molar refractivity (Wildman–Crippen MR) is 44.8 cm³/mol. The van der Waals surface area contributed by atoms with Gasteiger partial charge in [-0.15, -0.1) is 0 Å². The van der Waals surface area contributed by atoms with Crippen LogP contribution in [0.1, 0.15) is 5.56 Å². The molecular weight excluding hydrogens is 175 g/mol. The van der Waals surface area contributed by atoms with Gasteiger partial charge in [-0.3, -0.25) is 0 Å². The van der Waals surface area contributed by atoms with Gasteiger partial charge in [0.15, 0.2) is 0 Å². The van der Waals surface area contributed by atoms with E-state index in [1.165, 1.54) is 0 Å². The summed E-state index contributed by atoms with van der Waals surface area (Å²) in [6.45, 7) is 1.19. The molecule has 4 heteroatoms. The van der Waals surface area contributed by atoms with Gasteiger partial charge in [-0.25, -0.2) is 0 Å². The largest absolute Gasteiger partial charge is 0.779 e. The summed E-state index contributed by atoms with van der Waals surface area (Å²) >= 11 is 0. The van der Waals surface area contributed by atoms with Crippen molar-refractivity contribution >= 4 is 7.60 Å². The second-order valence-corrected chi connectivity index (χ2v) is 4.33. The second kappa shape index (κ2) is 3.85. The molecule has 0 radical (unpaired) electrons. The monoisotopic (exact) mass is 185 g/mol. The van der Waals surface area contributed by atoms with Gasteiger partial charge in [0.2, 0.25) is 0 Å². The molecule has 1 aromatic carbocycles. The molecule has 0 aromatic heterocycles. The first-order chi connectivity index (χ1) is 5.58. The zero-order valence-electron chi connectivity index (χ0n) is 6.77. The lowest BCUT2D eigenvalue weighted by Crippen LogP contribution is -2.02. The van der Waals surface area contributed by atoms with E-state index >= 15 is 0 Å². The molecule has 66 valence electrons. The zero-order valence-corrected chi connectivity index (χ0v) is 7.66. The van der Waals surface area contributed by atoms with E-state index < -0.39 is 7.60 Å². The lowest BCUT2D eigenvalue weighted by molar-refractivity contribution is -0.197. The molecule has 12 heavy (non-hydrogen) atoms. The normalized spacial score (nSPS) is 15.5. The zero-order chi connectivity index (χ0) is 9.03. The van der Waals surface area contributed by atoms with E-state index in [9.17, 15) is 9.46 Å². The molecule has 0 N–H and O–H groups in total. The fourth-order valence-electron chi connectivity index (χ4n) is 0.766. The van der Waals surface area contributed by atoms with E-state index in [0.717, 1.165) is 12.2 Å². The maximum absolute atomic E-state index is 10.6. The van der Waals surface area contributed by atoms with Gasteiger partial charge in [0.25, 0.3) is 0 Å². The molecule has 3 nitrogen and oxygen atoms in total. The Bertz CT molecular complexity index is 278. The molecule has 0 aliphatic heterocycles. The first-order valence-corrected chi connectivity index (χ1v) is 5.54. The summed E-state index contributed by atoms with van der Waals surface area (Å²) in [4.78, 5) is 10.6. The Labute approximate surface area is 71.5 Å². The summed E-state index contributed by atoms with van der Waals surface area (Å²) in [5.74, 6) is 0. The molecule has 1 aromatic rings. The molecule has 0 amide bonds. The molecule has 0 saturated carbocycles. The lowest BCUT2D eigenvalue weighted by atomic mass is 10.2. The van der Waals surface area contributed by atoms with Gasteiger partial charge in [0, 0.05) is 6.66 Å². The van der Waals surface area contributed by atoms with Crippen molar-refractivity contribution in [1.82, 2.24) is 0 Å². The Kier molecular flexibility index (Phi) is 3.04. The molecule has 1 atom stereocenters. The maximum atomic E-state index is 10.6. The number of rotatable bonds is 3. The van der Waals surface area contributed by atoms with Gasteiger partial charge in [0.05, 0.1) is 6.61 Å². The highest BCUT2D eigenvalue weighted by Gasteiger charge is 1.98. The topological polar surface area (TPSA) is 49.4 Å². The smallest absolute Gasteiger partial charge is 0.132 e. The van der Waals surface area contributed by atoms with Crippen molar-refractivity contribution in [2.75, 3.05) is 6.66 Å². The Morgan fingerprint density at radius 3 is 2.50 bits per heavy atom. The minimum absolute atomic E-state index is 0.123. The predicted octanol–water partition coefficient (Wildman–Crippen LogP) is 1.39. The molecule has 0 spiro atoms. The quantitative estimate of drug-likeness (QED) is 0.668. The van der Waals surface area contributed by atoms with Crippen LogP contribution in [0.4, 0.5) is 0 Å². The third-order valence-electron chi connectivity index (χ3n) is 1.31. The molecule has 1 unspecified atom stereocenters. The molecule has 0 heterocycles. The van der Waals surface area contributed by atoms with Crippen molar-refractivity contribution in [2.45, 2.75) is 6.61 Å². The minimum Gasteiger partial charge on any atom is -0.779 e. The van der Waals surface area contributed by atoms with Crippen LogP contribution in [-0.2, 0) is 15.7 Å². The SMILES string of the molecule is CP(=O)([O-])OCc1ccccc1. The van der Waals surface area contributed by atoms with Crippen molar-refractivity contribution in [3.8, 4) is 0 Å². The second-order valence-electron chi connectivity index (χ2n) is 2.53. The van der Waals surface area contributed by atoms with Gasteiger partial charge >= 0.3 is 0 Å². The molecule has 0 fully saturated rings. The molecular formula is C8H10O3P-. The Balaban J connectivity index is 2.50. The van der Waals surface area contributed by atoms with Crippen LogP contribution < -0.4 is 4.89 Å². The number of hydrogen-bond acceptors (Lipinski definition) is 3. The Morgan fingerprint density at radius 2 is 2.00 bits per heavy atom. The van der Waals surface area contributed by atoms with Crippen LogP contribution in [0.3, 0.4) is 0 Å². The van der Waals surface area contributed by atoms with Crippen LogP contribution in [0.2, 0.25) is 0 Å². The van der Waals surface area contributed by atoms with E-state index in [-0.39, 0.29) is 6.61 Å². The lowest BCUT2D eigenvalue weighted by Gasteiger charge is -2.17. The standard InChI is InChI=1S/C8H11O3P/c1-12(9,10)11-7-8-5-3-2-4-6-8/h2-6H,7H2,1H3,(H,9,10)/p-1. The average Bonchev–Trinajstić information content (AvgIpc) is 2.02. The van der Waals surface area contributed by atoms with Gasteiger partial charge in [0.1, 0.15) is 7.60 Å². The summed E-state index contributed by atoms with van der Waals surface area (Å²) in [6.07, 6.45) is 0. The summed E-state index contributed by atoms with van der Waals surface area (Å²) in [5.41, 5.74) is 0.857. The summed E-state index contributed by atoms with van der Waals surface area (Å²) in [6, 6.07) is 9.17. The summed E-state index contributed by atoms with van der Waals surface area (Å²) < 4.78 is 15.2. The van der Waals surface area contributed by atoms with E-state index in [4.69, 9.17) is 0 Å². The molecule has 1 rings (SSSR count). The van der Waals surface area contributed by atoms with E-state index in [2.05, 4.69) is 4.52 Å². The average molecular weight is 185 g/mol. The van der Waals surface area contributed by atoms with E-state index in [1.807, 2.05) is 30.3 Å². The van der Waals surface area contributed by atoms with Crippen LogP contribution in [0.25, 0.3) is 0 Å².